The van der Waals surface area contributed by atoms with E-state index < -0.39 is 0 Å². The lowest BCUT2D eigenvalue weighted by Gasteiger charge is -2.19. The lowest BCUT2D eigenvalue weighted by Crippen LogP contribution is -2.16. The van der Waals surface area contributed by atoms with E-state index in [1.165, 1.54) is 0 Å². The van der Waals surface area contributed by atoms with Crippen molar-refractivity contribution in [3.8, 4) is 5.75 Å². The highest BCUT2D eigenvalue weighted by molar-refractivity contribution is 9.10. The number of hydrogen-bond donors (Lipinski definition) is 0. The molecule has 0 N–H and O–H groups in total. The Balaban J connectivity index is 1.81. The fourth-order valence-electron chi connectivity index (χ4n) is 3.57. The molecule has 25 heavy (non-hydrogen) atoms. The van der Waals surface area contributed by atoms with Crippen LogP contribution in [0.5, 0.6) is 5.75 Å². The zero-order chi connectivity index (χ0) is 17.4. The second-order valence-corrected chi connectivity index (χ2v) is 7.52. The largest absolute Gasteiger partial charge is 0.488 e. The molecule has 0 fully saturated rings. The van der Waals surface area contributed by atoms with E-state index >= 15 is 0 Å². The molecule has 0 aliphatic heterocycles. The first-order valence-electron chi connectivity index (χ1n) is 8.58. The van der Waals surface area contributed by atoms with Gasteiger partial charge in [-0.05, 0) is 73.6 Å². The van der Waals surface area contributed by atoms with Gasteiger partial charge in [0, 0.05) is 10.0 Å². The Kier molecular flexibility index (Phi) is 4.38. The first-order valence-corrected chi connectivity index (χ1v) is 9.37. The highest BCUT2D eigenvalue weighted by Gasteiger charge is 2.21. The maximum Gasteiger partial charge on any atom is 0.339 e. The number of ether oxygens (including phenoxy) is 1. The average molecular weight is 399 g/mol. The Morgan fingerprint density at radius 1 is 1.12 bits per heavy atom. The second kappa shape index (κ2) is 6.68. The molecular weight excluding hydrogens is 380 g/mol. The van der Waals surface area contributed by atoms with Gasteiger partial charge in [-0.15, -0.1) is 0 Å². The third kappa shape index (κ3) is 3.23. The standard InChI is InChI=1S/C21H19BrO3/c1-13-9-18(24-12-14-5-4-6-15(22)11-14)20-16-7-2-3-8-17(16)21(23)25-19(20)10-13/h4-6,9-11H,2-3,7-8,12H2,1H3. The lowest BCUT2D eigenvalue weighted by atomic mass is 9.90. The van der Waals surface area contributed by atoms with Gasteiger partial charge in [-0.25, -0.2) is 4.79 Å². The Hall–Kier alpha value is -2.07. The van der Waals surface area contributed by atoms with Crippen molar-refractivity contribution in [3.05, 3.63) is 73.5 Å². The molecule has 1 aliphatic carbocycles. The van der Waals surface area contributed by atoms with Crippen LogP contribution in [-0.4, -0.2) is 0 Å². The topological polar surface area (TPSA) is 39.4 Å². The highest BCUT2D eigenvalue weighted by atomic mass is 79.9. The van der Waals surface area contributed by atoms with Gasteiger partial charge in [0.25, 0.3) is 0 Å². The van der Waals surface area contributed by atoms with Crippen LogP contribution < -0.4 is 10.4 Å². The Morgan fingerprint density at radius 2 is 1.92 bits per heavy atom. The first kappa shape index (κ1) is 16.4. The minimum absolute atomic E-state index is 0.189. The fourth-order valence-corrected chi connectivity index (χ4v) is 4.02. The monoisotopic (exact) mass is 398 g/mol. The molecule has 0 amide bonds. The fraction of sp³-hybridized carbons (Fsp3) is 0.286. The lowest BCUT2D eigenvalue weighted by molar-refractivity contribution is 0.309. The molecular formula is C21H19BrO3. The molecule has 0 spiro atoms. The maximum absolute atomic E-state index is 12.3. The molecule has 3 aromatic rings. The number of hydrogen-bond acceptors (Lipinski definition) is 3. The summed E-state index contributed by atoms with van der Waals surface area (Å²) in [5, 5.41) is 0.967. The van der Waals surface area contributed by atoms with Gasteiger partial charge in [-0.2, -0.15) is 0 Å². The predicted octanol–water partition coefficient (Wildman–Crippen LogP) is 5.32. The summed E-state index contributed by atoms with van der Waals surface area (Å²) in [6.07, 6.45) is 3.86. The molecule has 3 nitrogen and oxygen atoms in total. The van der Waals surface area contributed by atoms with Crippen LogP contribution in [0, 0.1) is 6.92 Å². The van der Waals surface area contributed by atoms with Crippen molar-refractivity contribution in [3.63, 3.8) is 0 Å². The van der Waals surface area contributed by atoms with E-state index in [1.807, 2.05) is 43.3 Å². The van der Waals surface area contributed by atoms with Gasteiger partial charge in [0.15, 0.2) is 0 Å². The van der Waals surface area contributed by atoms with Gasteiger partial charge in [0.1, 0.15) is 17.9 Å². The van der Waals surface area contributed by atoms with Crippen LogP contribution in [0.1, 0.15) is 35.1 Å². The SMILES string of the molecule is Cc1cc(OCc2cccc(Br)c2)c2c3c(c(=O)oc2c1)CCCC3. The van der Waals surface area contributed by atoms with Crippen LogP contribution in [0.2, 0.25) is 0 Å². The molecule has 4 heteroatoms. The molecule has 1 aliphatic rings. The molecule has 0 radical (unpaired) electrons. The maximum atomic E-state index is 12.3. The van der Waals surface area contributed by atoms with E-state index in [1.54, 1.807) is 0 Å². The Bertz CT molecular complexity index is 1000. The molecule has 0 saturated carbocycles. The summed E-state index contributed by atoms with van der Waals surface area (Å²) >= 11 is 3.49. The molecule has 1 aromatic heterocycles. The molecule has 0 saturated heterocycles. The summed E-state index contributed by atoms with van der Waals surface area (Å²) in [6, 6.07) is 12.0. The van der Waals surface area contributed by atoms with Crippen LogP contribution >= 0.6 is 15.9 Å². The number of fused-ring (bicyclic) bond motifs is 3. The third-order valence-electron chi connectivity index (χ3n) is 4.71. The Morgan fingerprint density at radius 3 is 2.72 bits per heavy atom. The van der Waals surface area contributed by atoms with E-state index in [9.17, 15) is 4.79 Å². The van der Waals surface area contributed by atoms with Crippen LogP contribution in [0.3, 0.4) is 0 Å². The molecule has 0 atom stereocenters. The predicted molar refractivity (Wildman–Crippen MR) is 102 cm³/mol. The summed E-state index contributed by atoms with van der Waals surface area (Å²) in [4.78, 5) is 12.3. The highest BCUT2D eigenvalue weighted by Crippen LogP contribution is 2.35. The van der Waals surface area contributed by atoms with Gasteiger partial charge in [0.2, 0.25) is 0 Å². The van der Waals surface area contributed by atoms with Crippen molar-refractivity contribution in [2.45, 2.75) is 39.2 Å². The zero-order valence-electron chi connectivity index (χ0n) is 14.1. The summed E-state index contributed by atoms with van der Waals surface area (Å²) in [5.41, 5.74) is 4.50. The number of aryl methyl sites for hydroxylation is 2. The molecule has 128 valence electrons. The van der Waals surface area contributed by atoms with E-state index in [0.717, 1.165) is 63.5 Å². The summed E-state index contributed by atoms with van der Waals surface area (Å²) in [5.74, 6) is 0.803. The Labute approximate surface area is 154 Å². The molecule has 0 bridgehead atoms. The number of halogens is 1. The van der Waals surface area contributed by atoms with Crippen molar-refractivity contribution < 1.29 is 9.15 Å². The zero-order valence-corrected chi connectivity index (χ0v) is 15.7. The number of benzene rings is 2. The quantitative estimate of drug-likeness (QED) is 0.560. The smallest absolute Gasteiger partial charge is 0.339 e. The van der Waals surface area contributed by atoms with E-state index in [0.29, 0.717) is 12.2 Å². The van der Waals surface area contributed by atoms with Crippen LogP contribution in [-0.2, 0) is 19.4 Å². The van der Waals surface area contributed by atoms with Crippen molar-refractivity contribution in [1.29, 1.82) is 0 Å². The van der Waals surface area contributed by atoms with Crippen molar-refractivity contribution in [1.82, 2.24) is 0 Å². The summed E-state index contributed by atoms with van der Waals surface area (Å²) in [7, 11) is 0. The van der Waals surface area contributed by atoms with Crippen LogP contribution in [0.4, 0.5) is 0 Å². The minimum Gasteiger partial charge on any atom is -0.488 e. The molecule has 1 heterocycles. The van der Waals surface area contributed by atoms with E-state index in [2.05, 4.69) is 15.9 Å². The van der Waals surface area contributed by atoms with Gasteiger partial charge in [-0.3, -0.25) is 0 Å². The number of rotatable bonds is 3. The normalized spacial score (nSPS) is 13.7. The van der Waals surface area contributed by atoms with Crippen molar-refractivity contribution in [2.24, 2.45) is 0 Å². The second-order valence-electron chi connectivity index (χ2n) is 6.61. The minimum atomic E-state index is -0.189. The van der Waals surface area contributed by atoms with E-state index in [4.69, 9.17) is 9.15 Å². The van der Waals surface area contributed by atoms with Crippen molar-refractivity contribution in [2.75, 3.05) is 0 Å². The average Bonchev–Trinajstić information content (AvgIpc) is 2.59. The molecule has 2 aromatic carbocycles. The van der Waals surface area contributed by atoms with Crippen LogP contribution in [0.15, 0.2) is 50.1 Å². The van der Waals surface area contributed by atoms with Gasteiger partial charge < -0.3 is 9.15 Å². The van der Waals surface area contributed by atoms with Crippen LogP contribution in [0.25, 0.3) is 11.0 Å². The van der Waals surface area contributed by atoms with Gasteiger partial charge in [0.05, 0.1) is 5.39 Å². The summed E-state index contributed by atoms with van der Waals surface area (Å²) < 4.78 is 12.8. The molecule has 4 rings (SSSR count). The van der Waals surface area contributed by atoms with Crippen molar-refractivity contribution >= 4 is 26.9 Å². The van der Waals surface area contributed by atoms with Gasteiger partial charge in [-0.1, -0.05) is 28.1 Å². The van der Waals surface area contributed by atoms with Gasteiger partial charge >= 0.3 is 5.63 Å². The molecule has 0 unspecified atom stereocenters. The third-order valence-corrected chi connectivity index (χ3v) is 5.21. The van der Waals surface area contributed by atoms with E-state index in [-0.39, 0.29) is 5.63 Å². The summed E-state index contributed by atoms with van der Waals surface area (Å²) in [6.45, 7) is 2.47. The first-order chi connectivity index (χ1) is 12.1.